The van der Waals surface area contributed by atoms with Gasteiger partial charge >= 0.3 is 5.97 Å². The van der Waals surface area contributed by atoms with Crippen LogP contribution < -0.4 is 0 Å². The van der Waals surface area contributed by atoms with Gasteiger partial charge in [-0.3, -0.25) is 14.9 Å². The highest BCUT2D eigenvalue weighted by molar-refractivity contribution is 5.97. The Hall–Kier alpha value is -2.48. The molecule has 8 heteroatoms. The molecule has 0 aromatic heterocycles. The van der Waals surface area contributed by atoms with Crippen molar-refractivity contribution in [2.24, 2.45) is 0 Å². The van der Waals surface area contributed by atoms with Crippen molar-refractivity contribution in [2.45, 2.75) is 13.0 Å². The SMILES string of the molecule is Cc1ccc(C(=O)N2CCOCC2C(=O)O)cc1[N+](=O)[O-]. The lowest BCUT2D eigenvalue weighted by molar-refractivity contribution is -0.385. The van der Waals surface area contributed by atoms with E-state index in [1.54, 1.807) is 6.92 Å². The molecule has 1 N–H and O–H groups in total. The van der Waals surface area contributed by atoms with Gasteiger partial charge in [0.05, 0.1) is 18.1 Å². The quantitative estimate of drug-likeness (QED) is 0.653. The van der Waals surface area contributed by atoms with Gasteiger partial charge in [0, 0.05) is 23.7 Å². The lowest BCUT2D eigenvalue weighted by Crippen LogP contribution is -2.52. The van der Waals surface area contributed by atoms with E-state index in [1.807, 2.05) is 0 Å². The average Bonchev–Trinajstić information content (AvgIpc) is 2.46. The van der Waals surface area contributed by atoms with E-state index >= 15 is 0 Å². The van der Waals surface area contributed by atoms with E-state index in [1.165, 1.54) is 23.1 Å². The fourth-order valence-electron chi connectivity index (χ4n) is 2.16. The number of nitro benzene ring substituents is 1. The maximum absolute atomic E-state index is 12.4. The van der Waals surface area contributed by atoms with Crippen molar-refractivity contribution >= 4 is 17.6 Å². The van der Waals surface area contributed by atoms with Crippen LogP contribution in [0.3, 0.4) is 0 Å². The summed E-state index contributed by atoms with van der Waals surface area (Å²) in [6, 6.07) is 3.03. The van der Waals surface area contributed by atoms with E-state index in [-0.39, 0.29) is 31.0 Å². The standard InChI is InChI=1S/C13H14N2O6/c1-8-2-3-9(6-10(8)15(19)20)12(16)14-4-5-21-7-11(14)13(17)18/h2-3,6,11H,4-5,7H2,1H3,(H,17,18). The molecule has 1 aromatic carbocycles. The Morgan fingerprint density at radius 2 is 2.19 bits per heavy atom. The van der Waals surface area contributed by atoms with Gasteiger partial charge in [-0.05, 0) is 13.0 Å². The summed E-state index contributed by atoms with van der Waals surface area (Å²) in [6.45, 7) is 1.86. The van der Waals surface area contributed by atoms with E-state index in [0.29, 0.717) is 5.56 Å². The largest absolute Gasteiger partial charge is 0.480 e. The van der Waals surface area contributed by atoms with Crippen LogP contribution in [-0.4, -0.2) is 52.6 Å². The van der Waals surface area contributed by atoms with Crippen molar-refractivity contribution in [1.82, 2.24) is 4.90 Å². The van der Waals surface area contributed by atoms with Crippen molar-refractivity contribution in [3.63, 3.8) is 0 Å². The van der Waals surface area contributed by atoms with Gasteiger partial charge < -0.3 is 14.7 Å². The first kappa shape index (κ1) is 14.9. The second-order valence-corrected chi connectivity index (χ2v) is 4.69. The highest BCUT2D eigenvalue weighted by Gasteiger charge is 2.33. The van der Waals surface area contributed by atoms with Gasteiger partial charge in [0.2, 0.25) is 0 Å². The molecule has 1 unspecified atom stereocenters. The lowest BCUT2D eigenvalue weighted by atomic mass is 10.1. The first-order valence-electron chi connectivity index (χ1n) is 6.28. The number of nitrogens with zero attached hydrogens (tertiary/aromatic N) is 2. The van der Waals surface area contributed by atoms with Crippen molar-refractivity contribution < 1.29 is 24.4 Å². The minimum Gasteiger partial charge on any atom is -0.480 e. The van der Waals surface area contributed by atoms with Gasteiger partial charge in [-0.1, -0.05) is 6.07 Å². The van der Waals surface area contributed by atoms with Gasteiger partial charge in [-0.25, -0.2) is 4.79 Å². The normalized spacial score (nSPS) is 18.3. The molecule has 2 rings (SSSR count). The number of morpholine rings is 1. The third-order valence-corrected chi connectivity index (χ3v) is 3.33. The number of carboxylic acid groups (broad SMARTS) is 1. The van der Waals surface area contributed by atoms with E-state index in [0.717, 1.165) is 0 Å². The first-order chi connectivity index (χ1) is 9.91. The van der Waals surface area contributed by atoms with Crippen LogP contribution >= 0.6 is 0 Å². The van der Waals surface area contributed by atoms with Crippen LogP contribution in [0.15, 0.2) is 18.2 Å². The monoisotopic (exact) mass is 294 g/mol. The summed E-state index contributed by atoms with van der Waals surface area (Å²) in [5.41, 5.74) is 0.370. The smallest absolute Gasteiger partial charge is 0.328 e. The highest BCUT2D eigenvalue weighted by Crippen LogP contribution is 2.21. The maximum Gasteiger partial charge on any atom is 0.328 e. The fraction of sp³-hybridized carbons (Fsp3) is 0.385. The molecule has 0 aliphatic carbocycles. The number of benzene rings is 1. The minimum absolute atomic E-state index is 0.0883. The van der Waals surface area contributed by atoms with Crippen molar-refractivity contribution in [2.75, 3.05) is 19.8 Å². The number of aryl methyl sites for hydroxylation is 1. The zero-order chi connectivity index (χ0) is 15.6. The van der Waals surface area contributed by atoms with Crippen molar-refractivity contribution in [1.29, 1.82) is 0 Å². The number of nitro groups is 1. The van der Waals surface area contributed by atoms with Gasteiger partial charge in [-0.2, -0.15) is 0 Å². The summed E-state index contributed by atoms with van der Waals surface area (Å²) in [5.74, 6) is -1.71. The lowest BCUT2D eigenvalue weighted by Gasteiger charge is -2.32. The number of carbonyl (C=O) groups excluding carboxylic acids is 1. The third-order valence-electron chi connectivity index (χ3n) is 3.33. The molecule has 1 aliphatic heterocycles. The number of aliphatic carboxylic acids is 1. The molecule has 1 atom stereocenters. The van der Waals surface area contributed by atoms with E-state index in [4.69, 9.17) is 9.84 Å². The summed E-state index contributed by atoms with van der Waals surface area (Å²) in [6.07, 6.45) is 0. The zero-order valence-electron chi connectivity index (χ0n) is 11.3. The molecule has 0 spiro atoms. The van der Waals surface area contributed by atoms with E-state index in [2.05, 4.69) is 0 Å². The Morgan fingerprint density at radius 3 is 2.81 bits per heavy atom. The number of carbonyl (C=O) groups is 2. The fourth-order valence-corrected chi connectivity index (χ4v) is 2.16. The number of hydrogen-bond donors (Lipinski definition) is 1. The molecule has 1 heterocycles. The molecule has 0 radical (unpaired) electrons. The van der Waals surface area contributed by atoms with Crippen LogP contribution in [-0.2, 0) is 9.53 Å². The minimum atomic E-state index is -1.16. The van der Waals surface area contributed by atoms with Gasteiger partial charge in [0.1, 0.15) is 0 Å². The molecule has 0 bridgehead atoms. The molecule has 1 fully saturated rings. The summed E-state index contributed by atoms with van der Waals surface area (Å²) in [7, 11) is 0. The van der Waals surface area contributed by atoms with Gasteiger partial charge in [0.25, 0.3) is 11.6 Å². The molecule has 0 saturated carbocycles. The summed E-state index contributed by atoms with van der Waals surface area (Å²) >= 11 is 0. The molecule has 1 amide bonds. The van der Waals surface area contributed by atoms with E-state index in [9.17, 15) is 19.7 Å². The van der Waals surface area contributed by atoms with Gasteiger partial charge in [-0.15, -0.1) is 0 Å². The van der Waals surface area contributed by atoms with Crippen molar-refractivity contribution in [3.8, 4) is 0 Å². The Balaban J connectivity index is 2.32. The summed E-state index contributed by atoms with van der Waals surface area (Å²) in [5, 5.41) is 20.0. The topological polar surface area (TPSA) is 110 Å². The van der Waals surface area contributed by atoms with Crippen LogP contribution in [0.25, 0.3) is 0 Å². The molecule has 8 nitrogen and oxygen atoms in total. The van der Waals surface area contributed by atoms with Crippen LogP contribution in [0.1, 0.15) is 15.9 Å². The van der Waals surface area contributed by atoms with Crippen LogP contribution in [0.4, 0.5) is 5.69 Å². The van der Waals surface area contributed by atoms with Crippen LogP contribution in [0, 0.1) is 17.0 Å². The van der Waals surface area contributed by atoms with Crippen molar-refractivity contribution in [3.05, 3.63) is 39.4 Å². The molecular weight excluding hydrogens is 280 g/mol. The number of rotatable bonds is 3. The second kappa shape index (κ2) is 5.88. The Labute approximate surface area is 120 Å². The average molecular weight is 294 g/mol. The van der Waals surface area contributed by atoms with Crippen LogP contribution in [0.5, 0.6) is 0 Å². The molecule has 1 saturated heterocycles. The first-order valence-corrected chi connectivity index (χ1v) is 6.28. The number of ether oxygens (including phenoxy) is 1. The highest BCUT2D eigenvalue weighted by atomic mass is 16.6. The Kier molecular flexibility index (Phi) is 4.18. The summed E-state index contributed by atoms with van der Waals surface area (Å²) < 4.78 is 5.06. The zero-order valence-corrected chi connectivity index (χ0v) is 11.3. The van der Waals surface area contributed by atoms with E-state index < -0.39 is 22.8 Å². The predicted molar refractivity (Wildman–Crippen MR) is 71.1 cm³/mol. The summed E-state index contributed by atoms with van der Waals surface area (Å²) in [4.78, 5) is 35.0. The third kappa shape index (κ3) is 3.00. The molecule has 112 valence electrons. The predicted octanol–water partition coefficient (Wildman–Crippen LogP) is 0.829. The molecule has 21 heavy (non-hydrogen) atoms. The Bertz CT molecular complexity index is 600. The Morgan fingerprint density at radius 1 is 1.48 bits per heavy atom. The number of amides is 1. The number of carboxylic acids is 1. The molecule has 1 aliphatic rings. The van der Waals surface area contributed by atoms with Gasteiger partial charge in [0.15, 0.2) is 6.04 Å². The second-order valence-electron chi connectivity index (χ2n) is 4.69. The number of hydrogen-bond acceptors (Lipinski definition) is 5. The van der Waals surface area contributed by atoms with Crippen LogP contribution in [0.2, 0.25) is 0 Å². The molecule has 1 aromatic rings. The maximum atomic E-state index is 12.4. The molecular formula is C13H14N2O6.